The quantitative estimate of drug-likeness (QED) is 0.317. The molecule has 0 radical (unpaired) electrons. The van der Waals surface area contributed by atoms with Crippen molar-refractivity contribution in [3.05, 3.63) is 48.6 Å². The van der Waals surface area contributed by atoms with Gasteiger partial charge in [0.25, 0.3) is 0 Å². The van der Waals surface area contributed by atoms with Crippen LogP contribution in [0.5, 0.6) is 0 Å². The molecule has 0 unspecified atom stereocenters. The Hall–Kier alpha value is -2.10. The van der Waals surface area contributed by atoms with E-state index in [1.54, 1.807) is 24.3 Å². The minimum Gasteiger partial charge on any atom is -0.242 e. The van der Waals surface area contributed by atoms with Crippen molar-refractivity contribution in [2.45, 2.75) is 13.8 Å². The van der Waals surface area contributed by atoms with Gasteiger partial charge in [-0.05, 0) is 13.8 Å². The summed E-state index contributed by atoms with van der Waals surface area (Å²) in [5, 5.41) is 0. The van der Waals surface area contributed by atoms with Gasteiger partial charge in [0.05, 0.1) is 0 Å². The standard InChI is InChI=1S/C12H14O4/c1-3-5-7-9-11(13)15-16-12(14)10-8-6-4-2/h3-10H,1-2H3/b5-3+,6-4+,9-7+,10-8+. The maximum absolute atomic E-state index is 10.9. The van der Waals surface area contributed by atoms with Crippen LogP contribution in [0.4, 0.5) is 0 Å². The molecule has 0 aliphatic rings. The van der Waals surface area contributed by atoms with Gasteiger partial charge in [-0.15, -0.1) is 0 Å². The molecule has 86 valence electrons. The first-order chi connectivity index (χ1) is 7.70. The smallest absolute Gasteiger partial charge is 0.242 e. The Kier molecular flexibility index (Phi) is 8.21. The van der Waals surface area contributed by atoms with E-state index in [2.05, 4.69) is 9.78 Å². The molecule has 0 saturated heterocycles. The number of allylic oxidation sites excluding steroid dienone is 6. The van der Waals surface area contributed by atoms with E-state index in [1.807, 2.05) is 13.8 Å². The van der Waals surface area contributed by atoms with Crippen molar-refractivity contribution in [1.29, 1.82) is 0 Å². The molecule has 0 saturated carbocycles. The highest BCUT2D eigenvalue weighted by molar-refractivity contribution is 5.85. The number of hydrogen-bond donors (Lipinski definition) is 0. The molecular formula is C12H14O4. The van der Waals surface area contributed by atoms with Gasteiger partial charge in [-0.1, -0.05) is 36.5 Å². The van der Waals surface area contributed by atoms with E-state index in [0.29, 0.717) is 0 Å². The Bertz CT molecular complexity index is 301. The van der Waals surface area contributed by atoms with Gasteiger partial charge in [-0.2, -0.15) is 0 Å². The van der Waals surface area contributed by atoms with Crippen molar-refractivity contribution in [3.8, 4) is 0 Å². The minimum absolute atomic E-state index is 0.745. The van der Waals surface area contributed by atoms with Gasteiger partial charge in [0, 0.05) is 12.2 Å². The van der Waals surface area contributed by atoms with Gasteiger partial charge in [-0.3, -0.25) is 0 Å². The second-order valence-electron chi connectivity index (χ2n) is 2.57. The van der Waals surface area contributed by atoms with Crippen LogP contribution in [0.1, 0.15) is 13.8 Å². The summed E-state index contributed by atoms with van der Waals surface area (Å²) in [6.45, 7) is 3.61. The summed E-state index contributed by atoms with van der Waals surface area (Å²) in [5.41, 5.74) is 0. The van der Waals surface area contributed by atoms with Crippen LogP contribution in [-0.2, 0) is 19.4 Å². The fraction of sp³-hybridized carbons (Fsp3) is 0.167. The lowest BCUT2D eigenvalue weighted by Gasteiger charge is -1.95. The molecule has 0 heterocycles. The second kappa shape index (κ2) is 9.45. The first kappa shape index (κ1) is 13.9. The molecule has 0 aromatic carbocycles. The molecule has 0 spiro atoms. The lowest BCUT2D eigenvalue weighted by atomic mass is 10.4. The van der Waals surface area contributed by atoms with Crippen LogP contribution in [0, 0.1) is 0 Å². The van der Waals surface area contributed by atoms with Crippen LogP contribution in [0.3, 0.4) is 0 Å². The summed E-state index contributed by atoms with van der Waals surface area (Å²) in [7, 11) is 0. The Labute approximate surface area is 94.5 Å². The first-order valence-electron chi connectivity index (χ1n) is 4.72. The number of rotatable bonds is 4. The highest BCUT2D eigenvalue weighted by atomic mass is 17.2. The van der Waals surface area contributed by atoms with E-state index in [-0.39, 0.29) is 0 Å². The number of carbonyl (C=O) groups excluding carboxylic acids is 2. The van der Waals surface area contributed by atoms with Crippen LogP contribution in [0.15, 0.2) is 48.6 Å². The largest absolute Gasteiger partial charge is 0.379 e. The van der Waals surface area contributed by atoms with E-state index >= 15 is 0 Å². The van der Waals surface area contributed by atoms with Gasteiger partial charge < -0.3 is 0 Å². The van der Waals surface area contributed by atoms with Crippen molar-refractivity contribution >= 4 is 11.9 Å². The maximum Gasteiger partial charge on any atom is 0.379 e. The predicted octanol–water partition coefficient (Wildman–Crippen LogP) is 2.25. The summed E-state index contributed by atoms with van der Waals surface area (Å²) in [6.07, 6.45) is 12.0. The molecule has 0 aromatic heterocycles. The summed E-state index contributed by atoms with van der Waals surface area (Å²) in [5.74, 6) is -1.49. The summed E-state index contributed by atoms with van der Waals surface area (Å²) >= 11 is 0. The summed E-state index contributed by atoms with van der Waals surface area (Å²) in [4.78, 5) is 30.2. The van der Waals surface area contributed by atoms with Crippen molar-refractivity contribution in [1.82, 2.24) is 0 Å². The fourth-order valence-electron chi connectivity index (χ4n) is 0.628. The van der Waals surface area contributed by atoms with Crippen molar-refractivity contribution in [2.75, 3.05) is 0 Å². The average Bonchev–Trinajstić information content (AvgIpc) is 2.27. The molecule has 0 aliphatic carbocycles. The van der Waals surface area contributed by atoms with Crippen LogP contribution < -0.4 is 0 Å². The van der Waals surface area contributed by atoms with Crippen molar-refractivity contribution in [3.63, 3.8) is 0 Å². The third-order valence-electron chi connectivity index (χ3n) is 1.28. The molecule has 0 amide bonds. The normalized spacial score (nSPS) is 11.9. The van der Waals surface area contributed by atoms with Crippen LogP contribution in [0.25, 0.3) is 0 Å². The van der Waals surface area contributed by atoms with Crippen molar-refractivity contribution in [2.24, 2.45) is 0 Å². The zero-order valence-electron chi connectivity index (χ0n) is 9.25. The molecule has 0 rings (SSSR count). The van der Waals surface area contributed by atoms with Gasteiger partial charge in [0.1, 0.15) is 0 Å². The van der Waals surface area contributed by atoms with Gasteiger partial charge in [-0.25, -0.2) is 19.4 Å². The van der Waals surface area contributed by atoms with E-state index in [9.17, 15) is 9.59 Å². The van der Waals surface area contributed by atoms with E-state index in [1.165, 1.54) is 12.2 Å². The molecule has 0 bridgehead atoms. The van der Waals surface area contributed by atoms with E-state index in [0.717, 1.165) is 12.2 Å². The monoisotopic (exact) mass is 222 g/mol. The topological polar surface area (TPSA) is 52.6 Å². The maximum atomic E-state index is 10.9. The second-order valence-corrected chi connectivity index (χ2v) is 2.57. The molecule has 0 aliphatic heterocycles. The Morgan fingerprint density at radius 2 is 1.12 bits per heavy atom. The Balaban J connectivity index is 3.88. The molecule has 4 nitrogen and oxygen atoms in total. The highest BCUT2D eigenvalue weighted by Gasteiger charge is 2.01. The molecule has 0 N–H and O–H groups in total. The first-order valence-corrected chi connectivity index (χ1v) is 4.72. The average molecular weight is 222 g/mol. The molecule has 4 heteroatoms. The summed E-state index contributed by atoms with van der Waals surface area (Å²) in [6, 6.07) is 0. The van der Waals surface area contributed by atoms with Gasteiger partial charge >= 0.3 is 11.9 Å². The van der Waals surface area contributed by atoms with Crippen LogP contribution in [0.2, 0.25) is 0 Å². The minimum atomic E-state index is -0.745. The Morgan fingerprint density at radius 1 is 0.750 bits per heavy atom. The fourth-order valence-corrected chi connectivity index (χ4v) is 0.628. The van der Waals surface area contributed by atoms with Crippen molar-refractivity contribution < 1.29 is 19.4 Å². The molecule has 16 heavy (non-hydrogen) atoms. The van der Waals surface area contributed by atoms with E-state index < -0.39 is 11.9 Å². The highest BCUT2D eigenvalue weighted by Crippen LogP contribution is 1.88. The Morgan fingerprint density at radius 3 is 1.44 bits per heavy atom. The van der Waals surface area contributed by atoms with Crippen LogP contribution >= 0.6 is 0 Å². The molecular weight excluding hydrogens is 208 g/mol. The van der Waals surface area contributed by atoms with Gasteiger partial charge in [0.2, 0.25) is 0 Å². The zero-order valence-corrected chi connectivity index (χ0v) is 9.25. The van der Waals surface area contributed by atoms with Gasteiger partial charge in [0.15, 0.2) is 0 Å². The SMILES string of the molecule is C/C=C/C=C/C(=O)OOC(=O)/C=C/C=C/C. The number of carbonyl (C=O) groups is 2. The summed E-state index contributed by atoms with van der Waals surface area (Å²) < 4.78 is 0. The van der Waals surface area contributed by atoms with E-state index in [4.69, 9.17) is 0 Å². The lowest BCUT2D eigenvalue weighted by molar-refractivity contribution is -0.250. The third kappa shape index (κ3) is 8.50. The molecule has 0 fully saturated rings. The predicted molar refractivity (Wildman–Crippen MR) is 60.1 cm³/mol. The number of hydrogen-bond acceptors (Lipinski definition) is 4. The third-order valence-corrected chi connectivity index (χ3v) is 1.28. The lowest BCUT2D eigenvalue weighted by Crippen LogP contribution is -2.06. The van der Waals surface area contributed by atoms with Crippen LogP contribution in [-0.4, -0.2) is 11.9 Å². The zero-order chi connectivity index (χ0) is 12.2. The molecule has 0 aromatic rings. The molecule has 0 atom stereocenters.